The number of imidazole rings is 1. The van der Waals surface area contributed by atoms with Crippen LogP contribution in [0.15, 0.2) is 28.0 Å². The molecule has 2 aromatic heterocycles. The van der Waals surface area contributed by atoms with Gasteiger partial charge in [-0.2, -0.15) is 0 Å². The lowest BCUT2D eigenvalue weighted by atomic mass is 11.0. The molecule has 0 amide bonds. The molecule has 0 aromatic carbocycles. The number of nitrogens with one attached hydrogen (secondary N) is 1. The van der Waals surface area contributed by atoms with Crippen LogP contribution in [0, 0.1) is 0 Å². The van der Waals surface area contributed by atoms with Crippen molar-refractivity contribution < 1.29 is 0 Å². The summed E-state index contributed by atoms with van der Waals surface area (Å²) in [5.41, 5.74) is 5.47. The highest BCUT2D eigenvalue weighted by Gasteiger charge is 2.01. The van der Waals surface area contributed by atoms with Gasteiger partial charge in [0.25, 0.3) is 0 Å². The van der Waals surface area contributed by atoms with Crippen molar-refractivity contribution >= 4 is 28.2 Å². The van der Waals surface area contributed by atoms with Crippen molar-refractivity contribution in [2.45, 2.75) is 9.37 Å². The number of nitrogen functional groups attached to an aromatic ring is 1. The third-order valence-electron chi connectivity index (χ3n) is 1.17. The van der Waals surface area contributed by atoms with Crippen molar-refractivity contribution in [2.24, 2.45) is 0 Å². The lowest BCUT2D eigenvalue weighted by Crippen LogP contribution is -1.77. The smallest absolute Gasteiger partial charge is 0.181 e. The van der Waals surface area contributed by atoms with Crippen molar-refractivity contribution in [1.82, 2.24) is 15.0 Å². The topological polar surface area (TPSA) is 67.6 Å². The SMILES string of the molecule is Nc1ncc(Sc2ncc[nH]2)s1. The lowest BCUT2D eigenvalue weighted by molar-refractivity contribution is 1.06. The third kappa shape index (κ3) is 1.59. The first-order valence-corrected chi connectivity index (χ1v) is 4.86. The number of hydrogen-bond donors (Lipinski definition) is 2. The molecule has 4 nitrogen and oxygen atoms in total. The van der Waals surface area contributed by atoms with E-state index in [-0.39, 0.29) is 0 Å². The summed E-state index contributed by atoms with van der Waals surface area (Å²) in [6, 6.07) is 0. The zero-order valence-corrected chi connectivity index (χ0v) is 7.65. The van der Waals surface area contributed by atoms with Gasteiger partial charge < -0.3 is 10.7 Å². The van der Waals surface area contributed by atoms with E-state index in [1.165, 1.54) is 23.1 Å². The molecule has 2 heterocycles. The summed E-state index contributed by atoms with van der Waals surface area (Å²) < 4.78 is 1.04. The fourth-order valence-corrected chi connectivity index (χ4v) is 2.33. The van der Waals surface area contributed by atoms with E-state index in [9.17, 15) is 0 Å². The largest absolute Gasteiger partial charge is 0.375 e. The highest BCUT2D eigenvalue weighted by molar-refractivity contribution is 8.01. The Kier molecular flexibility index (Phi) is 2.01. The van der Waals surface area contributed by atoms with E-state index in [0.29, 0.717) is 5.13 Å². The normalized spacial score (nSPS) is 10.3. The minimum atomic E-state index is 0.587. The molecule has 0 fully saturated rings. The van der Waals surface area contributed by atoms with Gasteiger partial charge in [0.2, 0.25) is 0 Å². The maximum absolute atomic E-state index is 5.47. The van der Waals surface area contributed by atoms with Gasteiger partial charge in [-0.1, -0.05) is 11.3 Å². The van der Waals surface area contributed by atoms with E-state index in [0.717, 1.165) is 9.37 Å². The molecule has 0 bridgehead atoms. The minimum absolute atomic E-state index is 0.587. The molecule has 6 heteroatoms. The first kappa shape index (κ1) is 7.63. The second kappa shape index (κ2) is 3.16. The summed E-state index contributed by atoms with van der Waals surface area (Å²) >= 11 is 2.98. The number of H-pyrrole nitrogens is 1. The molecule has 0 aliphatic carbocycles. The molecule has 0 saturated carbocycles. The van der Waals surface area contributed by atoms with Crippen LogP contribution in [0.4, 0.5) is 5.13 Å². The Labute approximate surface area is 77.2 Å². The van der Waals surface area contributed by atoms with Gasteiger partial charge >= 0.3 is 0 Å². The van der Waals surface area contributed by atoms with Crippen molar-refractivity contribution in [2.75, 3.05) is 5.73 Å². The number of thiazole rings is 1. The first-order chi connectivity index (χ1) is 5.84. The van der Waals surface area contributed by atoms with E-state index in [4.69, 9.17) is 5.73 Å². The van der Waals surface area contributed by atoms with Gasteiger partial charge in [-0.05, 0) is 11.8 Å². The lowest BCUT2D eigenvalue weighted by Gasteiger charge is -1.88. The molecule has 0 atom stereocenters. The zero-order valence-electron chi connectivity index (χ0n) is 6.02. The number of aromatic amines is 1. The van der Waals surface area contributed by atoms with E-state index < -0.39 is 0 Å². The average Bonchev–Trinajstić information content (AvgIpc) is 2.63. The Morgan fingerprint density at radius 3 is 3.00 bits per heavy atom. The third-order valence-corrected chi connectivity index (χ3v) is 3.02. The van der Waals surface area contributed by atoms with Crippen LogP contribution in [-0.2, 0) is 0 Å². The summed E-state index contributed by atoms with van der Waals surface area (Å²) in [7, 11) is 0. The van der Waals surface area contributed by atoms with Crippen molar-refractivity contribution in [3.63, 3.8) is 0 Å². The standard InChI is InChI=1S/C6H6N4S2/c7-5-10-3-4(11-5)12-6-8-1-2-9-6/h1-3H,(H2,7,10)(H,8,9). The Morgan fingerprint density at radius 2 is 2.42 bits per heavy atom. The molecule has 12 heavy (non-hydrogen) atoms. The Hall–Kier alpha value is -1.01. The molecular formula is C6H6N4S2. The summed E-state index contributed by atoms with van der Waals surface area (Å²) in [5.74, 6) is 0. The van der Waals surface area contributed by atoms with Gasteiger partial charge in [-0.15, -0.1) is 0 Å². The van der Waals surface area contributed by atoms with Crippen LogP contribution in [0.2, 0.25) is 0 Å². The van der Waals surface area contributed by atoms with Gasteiger partial charge in [0.15, 0.2) is 10.3 Å². The summed E-state index contributed by atoms with van der Waals surface area (Å²) in [4.78, 5) is 11.0. The molecular weight excluding hydrogens is 192 g/mol. The molecule has 62 valence electrons. The molecule has 0 saturated heterocycles. The first-order valence-electron chi connectivity index (χ1n) is 3.23. The molecule has 3 N–H and O–H groups in total. The quantitative estimate of drug-likeness (QED) is 0.769. The fraction of sp³-hybridized carbons (Fsp3) is 0. The molecule has 0 radical (unpaired) electrons. The van der Waals surface area contributed by atoms with Crippen LogP contribution in [0.25, 0.3) is 0 Å². The van der Waals surface area contributed by atoms with Gasteiger partial charge in [0.1, 0.15) is 0 Å². The second-order valence-electron chi connectivity index (χ2n) is 2.01. The van der Waals surface area contributed by atoms with Gasteiger partial charge in [0, 0.05) is 12.4 Å². The van der Waals surface area contributed by atoms with Gasteiger partial charge in [-0.3, -0.25) is 0 Å². The van der Waals surface area contributed by atoms with Crippen LogP contribution >= 0.6 is 23.1 Å². The number of nitrogens with two attached hydrogens (primary N) is 1. The molecule has 0 aliphatic rings. The van der Waals surface area contributed by atoms with Crippen molar-refractivity contribution in [1.29, 1.82) is 0 Å². The molecule has 0 spiro atoms. The number of hydrogen-bond acceptors (Lipinski definition) is 5. The summed E-state index contributed by atoms with van der Waals surface area (Å²) in [6.45, 7) is 0. The number of aromatic nitrogens is 3. The number of anilines is 1. The highest BCUT2D eigenvalue weighted by Crippen LogP contribution is 2.30. The zero-order chi connectivity index (χ0) is 8.39. The van der Waals surface area contributed by atoms with Crippen LogP contribution in [0.3, 0.4) is 0 Å². The van der Waals surface area contributed by atoms with Crippen LogP contribution in [-0.4, -0.2) is 15.0 Å². The van der Waals surface area contributed by atoms with Gasteiger partial charge in [0.05, 0.1) is 10.4 Å². The van der Waals surface area contributed by atoms with Crippen LogP contribution in [0.1, 0.15) is 0 Å². The number of rotatable bonds is 2. The summed E-state index contributed by atoms with van der Waals surface area (Å²) in [6.07, 6.45) is 5.24. The Balaban J connectivity index is 2.14. The number of nitrogens with zero attached hydrogens (tertiary/aromatic N) is 2. The Morgan fingerprint density at radius 1 is 1.50 bits per heavy atom. The van der Waals surface area contributed by atoms with E-state index in [1.54, 1.807) is 18.6 Å². The van der Waals surface area contributed by atoms with Gasteiger partial charge in [-0.25, -0.2) is 9.97 Å². The maximum atomic E-state index is 5.47. The van der Waals surface area contributed by atoms with Crippen molar-refractivity contribution in [3.8, 4) is 0 Å². The van der Waals surface area contributed by atoms with Crippen molar-refractivity contribution in [3.05, 3.63) is 18.6 Å². The highest BCUT2D eigenvalue weighted by atomic mass is 32.2. The molecule has 2 aromatic rings. The van der Waals surface area contributed by atoms with Crippen LogP contribution < -0.4 is 5.73 Å². The molecule has 0 unspecified atom stereocenters. The average molecular weight is 198 g/mol. The fourth-order valence-electron chi connectivity index (χ4n) is 0.721. The summed E-state index contributed by atoms with van der Waals surface area (Å²) in [5, 5.41) is 1.45. The predicted octanol–water partition coefficient (Wildman–Crippen LogP) is 1.60. The molecule has 2 rings (SSSR count). The molecule has 0 aliphatic heterocycles. The minimum Gasteiger partial charge on any atom is -0.375 e. The van der Waals surface area contributed by atoms with E-state index >= 15 is 0 Å². The monoisotopic (exact) mass is 198 g/mol. The maximum Gasteiger partial charge on any atom is 0.181 e. The predicted molar refractivity (Wildman–Crippen MR) is 49.2 cm³/mol. The van der Waals surface area contributed by atoms with Crippen LogP contribution in [0.5, 0.6) is 0 Å². The van der Waals surface area contributed by atoms with E-state index in [1.807, 2.05) is 0 Å². The second-order valence-corrected chi connectivity index (χ2v) is 4.37. The Bertz CT molecular complexity index is 353. The van der Waals surface area contributed by atoms with E-state index in [2.05, 4.69) is 15.0 Å².